The van der Waals surface area contributed by atoms with Crippen molar-refractivity contribution in [1.82, 2.24) is 4.90 Å². The van der Waals surface area contributed by atoms with Crippen LogP contribution in [0.4, 0.5) is 0 Å². The van der Waals surface area contributed by atoms with Gasteiger partial charge in [0.15, 0.2) is 0 Å². The van der Waals surface area contributed by atoms with Crippen LogP contribution in [-0.4, -0.2) is 48.7 Å². The summed E-state index contributed by atoms with van der Waals surface area (Å²) in [7, 11) is 2.18. The van der Waals surface area contributed by atoms with Gasteiger partial charge >= 0.3 is 11.9 Å². The van der Waals surface area contributed by atoms with Gasteiger partial charge in [-0.3, -0.25) is 9.59 Å². The lowest BCUT2D eigenvalue weighted by Crippen LogP contribution is -2.44. The number of carbonyl (C=O) groups excluding carboxylic acids is 2. The van der Waals surface area contributed by atoms with Crippen molar-refractivity contribution in [3.63, 3.8) is 0 Å². The molecular formula is C33H51NO4. The Morgan fingerprint density at radius 2 is 1.50 bits per heavy atom. The van der Waals surface area contributed by atoms with Crippen LogP contribution in [0.5, 0.6) is 0 Å². The maximum atomic E-state index is 13.2. The molecule has 212 valence electrons. The van der Waals surface area contributed by atoms with E-state index in [2.05, 4.69) is 31.0 Å². The van der Waals surface area contributed by atoms with Crippen molar-refractivity contribution in [2.75, 3.05) is 13.7 Å². The molecular weight excluding hydrogens is 474 g/mol. The summed E-state index contributed by atoms with van der Waals surface area (Å²) in [5, 5.41) is 0. The summed E-state index contributed by atoms with van der Waals surface area (Å²) in [6.45, 7) is 2.30. The number of nitrogens with zero attached hydrogens (tertiary/aromatic N) is 1. The molecule has 2 fully saturated rings. The van der Waals surface area contributed by atoms with Crippen LogP contribution in [0.3, 0.4) is 0 Å². The molecule has 1 aromatic rings. The highest BCUT2D eigenvalue weighted by molar-refractivity contribution is 5.79. The number of benzene rings is 1. The van der Waals surface area contributed by atoms with Crippen LogP contribution < -0.4 is 0 Å². The molecule has 2 bridgehead atoms. The summed E-state index contributed by atoms with van der Waals surface area (Å²) in [5.74, 6) is -1.06. The van der Waals surface area contributed by atoms with Crippen LogP contribution in [0.15, 0.2) is 42.5 Å². The number of rotatable bonds is 18. The molecule has 0 aromatic heterocycles. The topological polar surface area (TPSA) is 55.8 Å². The second kappa shape index (κ2) is 17.4. The monoisotopic (exact) mass is 525 g/mol. The average Bonchev–Trinajstić information content (AvgIpc) is 3.11. The number of fused-ring (bicyclic) bond motifs is 2. The normalized spacial score (nSPS) is 22.0. The van der Waals surface area contributed by atoms with Crippen LogP contribution in [0, 0.1) is 0 Å². The molecule has 0 aliphatic carbocycles. The fraction of sp³-hybridized carbons (Fsp3) is 0.697. The molecule has 5 heteroatoms. The standard InChI is InChI=1S/C33H51NO4/c1-3-4-5-6-7-8-9-10-11-12-13-14-18-21-32(35)37-26-31(27-19-16-15-17-20-27)33(36)38-30-24-28-22-23-29(25-30)34(28)2/h8-9,15-17,19-20,28-31H,3-7,10-14,18,21-26H2,1-2H3/b9-8-/t28-,29+,30?,31?. The first kappa shape index (κ1) is 30.4. The first-order valence-corrected chi connectivity index (χ1v) is 15.4. The Labute approximate surface area is 231 Å². The second-order valence-electron chi connectivity index (χ2n) is 11.4. The van der Waals surface area contributed by atoms with E-state index in [0.717, 1.165) is 44.1 Å². The largest absolute Gasteiger partial charge is 0.464 e. The summed E-state index contributed by atoms with van der Waals surface area (Å²) in [4.78, 5) is 28.1. The van der Waals surface area contributed by atoms with Crippen molar-refractivity contribution < 1.29 is 19.1 Å². The van der Waals surface area contributed by atoms with Gasteiger partial charge in [0.25, 0.3) is 0 Å². The van der Waals surface area contributed by atoms with E-state index in [4.69, 9.17) is 9.47 Å². The van der Waals surface area contributed by atoms with E-state index >= 15 is 0 Å². The molecule has 2 aliphatic heterocycles. The molecule has 2 unspecified atom stereocenters. The number of piperidine rings is 1. The minimum absolute atomic E-state index is 0.0422. The van der Waals surface area contributed by atoms with Crippen molar-refractivity contribution in [2.45, 2.75) is 134 Å². The third-order valence-electron chi connectivity index (χ3n) is 8.38. The van der Waals surface area contributed by atoms with Crippen molar-refractivity contribution in [3.8, 4) is 0 Å². The van der Waals surface area contributed by atoms with E-state index in [1.54, 1.807) is 0 Å². The zero-order valence-electron chi connectivity index (χ0n) is 24.0. The Hall–Kier alpha value is -2.14. The highest BCUT2D eigenvalue weighted by Gasteiger charge is 2.40. The highest BCUT2D eigenvalue weighted by atomic mass is 16.6. The van der Waals surface area contributed by atoms with E-state index in [9.17, 15) is 9.59 Å². The van der Waals surface area contributed by atoms with Gasteiger partial charge in [0.1, 0.15) is 18.6 Å². The van der Waals surface area contributed by atoms with Crippen LogP contribution >= 0.6 is 0 Å². The van der Waals surface area contributed by atoms with E-state index in [0.29, 0.717) is 18.5 Å². The zero-order chi connectivity index (χ0) is 27.0. The quantitative estimate of drug-likeness (QED) is 0.111. The van der Waals surface area contributed by atoms with E-state index in [-0.39, 0.29) is 24.6 Å². The molecule has 0 radical (unpaired) electrons. The van der Waals surface area contributed by atoms with Gasteiger partial charge in [-0.1, -0.05) is 87.9 Å². The lowest BCUT2D eigenvalue weighted by atomic mass is 9.98. The molecule has 0 saturated carbocycles. The molecule has 5 nitrogen and oxygen atoms in total. The maximum Gasteiger partial charge on any atom is 0.317 e. The van der Waals surface area contributed by atoms with E-state index in [1.807, 2.05) is 30.3 Å². The number of hydrogen-bond acceptors (Lipinski definition) is 5. The smallest absolute Gasteiger partial charge is 0.317 e. The summed E-state index contributed by atoms with van der Waals surface area (Å²) < 4.78 is 11.6. The highest BCUT2D eigenvalue weighted by Crippen LogP contribution is 2.36. The molecule has 2 heterocycles. The van der Waals surface area contributed by atoms with E-state index < -0.39 is 5.92 Å². The van der Waals surface area contributed by atoms with Gasteiger partial charge in [0, 0.05) is 18.5 Å². The summed E-state index contributed by atoms with van der Waals surface area (Å²) >= 11 is 0. The molecule has 0 N–H and O–H groups in total. The summed E-state index contributed by atoms with van der Waals surface area (Å²) in [5.41, 5.74) is 0.844. The summed E-state index contributed by atoms with van der Waals surface area (Å²) in [6, 6.07) is 10.6. The number of ether oxygens (including phenoxy) is 2. The van der Waals surface area contributed by atoms with Gasteiger partial charge in [-0.15, -0.1) is 0 Å². The van der Waals surface area contributed by atoms with Gasteiger partial charge in [-0.25, -0.2) is 0 Å². The molecule has 3 rings (SSSR count). The minimum atomic E-state index is -0.572. The lowest BCUT2D eigenvalue weighted by molar-refractivity contribution is -0.158. The number of hydrogen-bond donors (Lipinski definition) is 0. The lowest BCUT2D eigenvalue weighted by Gasteiger charge is -2.36. The predicted molar refractivity (Wildman–Crippen MR) is 154 cm³/mol. The van der Waals surface area contributed by atoms with Crippen molar-refractivity contribution >= 4 is 11.9 Å². The maximum absolute atomic E-state index is 13.2. The molecule has 38 heavy (non-hydrogen) atoms. The number of esters is 2. The molecule has 0 spiro atoms. The molecule has 1 aromatic carbocycles. The zero-order valence-corrected chi connectivity index (χ0v) is 24.0. The van der Waals surface area contributed by atoms with E-state index in [1.165, 1.54) is 57.8 Å². The fourth-order valence-electron chi connectivity index (χ4n) is 5.92. The number of unbranched alkanes of at least 4 members (excludes halogenated alkanes) is 9. The SMILES string of the molecule is CCCCCC/C=C\CCCCCCCC(=O)OCC(C(=O)OC1C[C@H]2CC[C@@H](C1)N2C)c1ccccc1. The Morgan fingerprint density at radius 1 is 0.895 bits per heavy atom. The second-order valence-corrected chi connectivity index (χ2v) is 11.4. The molecule has 0 amide bonds. The third-order valence-corrected chi connectivity index (χ3v) is 8.38. The van der Waals surface area contributed by atoms with Gasteiger partial charge in [-0.05, 0) is 70.4 Å². The Bertz CT molecular complexity index is 825. The summed E-state index contributed by atoms with van der Waals surface area (Å²) in [6.07, 6.45) is 22.3. The molecule has 2 saturated heterocycles. The minimum Gasteiger partial charge on any atom is -0.464 e. The molecule has 2 aliphatic rings. The van der Waals surface area contributed by atoms with Crippen LogP contribution in [0.2, 0.25) is 0 Å². The van der Waals surface area contributed by atoms with Crippen LogP contribution in [-0.2, 0) is 19.1 Å². The van der Waals surface area contributed by atoms with Gasteiger partial charge in [0.05, 0.1) is 0 Å². The van der Waals surface area contributed by atoms with Gasteiger partial charge in [0.2, 0.25) is 0 Å². The third kappa shape index (κ3) is 10.6. The number of carbonyl (C=O) groups is 2. The average molecular weight is 526 g/mol. The fourth-order valence-corrected chi connectivity index (χ4v) is 5.92. The van der Waals surface area contributed by atoms with Crippen molar-refractivity contribution in [3.05, 3.63) is 48.0 Å². The molecule has 4 atom stereocenters. The number of allylic oxidation sites excluding steroid dienone is 2. The Kier molecular flexibility index (Phi) is 14.0. The van der Waals surface area contributed by atoms with Crippen LogP contribution in [0.25, 0.3) is 0 Å². The Morgan fingerprint density at radius 3 is 2.16 bits per heavy atom. The Balaban J connectivity index is 1.31. The van der Waals surface area contributed by atoms with Crippen LogP contribution in [0.1, 0.15) is 121 Å². The van der Waals surface area contributed by atoms with Gasteiger partial charge in [-0.2, -0.15) is 0 Å². The van der Waals surface area contributed by atoms with Crippen molar-refractivity contribution in [2.24, 2.45) is 0 Å². The first-order valence-electron chi connectivity index (χ1n) is 15.4. The predicted octanol–water partition coefficient (Wildman–Crippen LogP) is 7.74. The first-order chi connectivity index (χ1) is 18.6. The van der Waals surface area contributed by atoms with Crippen molar-refractivity contribution in [1.29, 1.82) is 0 Å². The van der Waals surface area contributed by atoms with Gasteiger partial charge < -0.3 is 14.4 Å².